The van der Waals surface area contributed by atoms with Gasteiger partial charge in [-0.25, -0.2) is 0 Å². The fourth-order valence-electron chi connectivity index (χ4n) is 2.25. The summed E-state index contributed by atoms with van der Waals surface area (Å²) < 4.78 is 1.97. The van der Waals surface area contributed by atoms with E-state index in [0.717, 1.165) is 32.0 Å². The molecule has 1 heterocycles. The van der Waals surface area contributed by atoms with Gasteiger partial charge in [0.1, 0.15) is 0 Å². The average Bonchev–Trinajstić information content (AvgIpc) is 2.93. The number of aliphatic imine (C=N–C) groups is 1. The number of nitrogens with zero attached hydrogens (tertiary/aromatic N) is 3. The van der Waals surface area contributed by atoms with Gasteiger partial charge in [0.15, 0.2) is 5.96 Å². The highest BCUT2D eigenvalue weighted by atomic mass is 127. The molecule has 5 nitrogen and oxygen atoms in total. The van der Waals surface area contributed by atoms with E-state index >= 15 is 0 Å². The van der Waals surface area contributed by atoms with Crippen LogP contribution in [0.4, 0.5) is 0 Å². The SMILES string of the molecule is CN=C(NCCCn1cc(C)cn1)NCc1ccccc1C.I. The minimum absolute atomic E-state index is 0. The van der Waals surface area contributed by atoms with Crippen molar-refractivity contribution in [1.82, 2.24) is 20.4 Å². The zero-order chi connectivity index (χ0) is 15.8. The summed E-state index contributed by atoms with van der Waals surface area (Å²) in [6.07, 6.45) is 4.95. The van der Waals surface area contributed by atoms with E-state index in [2.05, 4.69) is 65.0 Å². The molecule has 0 bridgehead atoms. The molecule has 2 aromatic rings. The Morgan fingerprint density at radius 2 is 2.00 bits per heavy atom. The van der Waals surface area contributed by atoms with E-state index in [-0.39, 0.29) is 24.0 Å². The van der Waals surface area contributed by atoms with Crippen molar-refractivity contribution in [3.63, 3.8) is 0 Å². The highest BCUT2D eigenvalue weighted by Crippen LogP contribution is 2.05. The number of hydrogen-bond acceptors (Lipinski definition) is 2. The summed E-state index contributed by atoms with van der Waals surface area (Å²) in [5, 5.41) is 11.0. The summed E-state index contributed by atoms with van der Waals surface area (Å²) in [6.45, 7) is 6.74. The quantitative estimate of drug-likeness (QED) is 0.323. The third-order valence-electron chi connectivity index (χ3n) is 3.55. The second-order valence-corrected chi connectivity index (χ2v) is 5.41. The standard InChI is InChI=1S/C17H25N5.HI/c1-14-11-21-22(13-14)10-6-9-19-17(18-3)20-12-16-8-5-4-7-15(16)2;/h4-5,7-8,11,13H,6,9-10,12H2,1-3H3,(H2,18,19,20);1H. The number of benzene rings is 1. The minimum atomic E-state index is 0. The van der Waals surface area contributed by atoms with Gasteiger partial charge >= 0.3 is 0 Å². The van der Waals surface area contributed by atoms with E-state index < -0.39 is 0 Å². The van der Waals surface area contributed by atoms with E-state index in [0.29, 0.717) is 0 Å². The van der Waals surface area contributed by atoms with E-state index in [9.17, 15) is 0 Å². The van der Waals surface area contributed by atoms with Crippen LogP contribution in [0.5, 0.6) is 0 Å². The molecule has 6 heteroatoms. The van der Waals surface area contributed by atoms with Crippen LogP contribution in [0.15, 0.2) is 41.7 Å². The average molecular weight is 427 g/mol. The molecule has 0 fully saturated rings. The van der Waals surface area contributed by atoms with Crippen LogP contribution in [-0.2, 0) is 13.1 Å². The van der Waals surface area contributed by atoms with Crippen LogP contribution in [0, 0.1) is 13.8 Å². The van der Waals surface area contributed by atoms with Crippen LogP contribution in [0.3, 0.4) is 0 Å². The van der Waals surface area contributed by atoms with Crippen molar-refractivity contribution in [2.45, 2.75) is 33.4 Å². The monoisotopic (exact) mass is 427 g/mol. The Bertz CT molecular complexity index is 621. The van der Waals surface area contributed by atoms with Gasteiger partial charge in [-0.2, -0.15) is 5.10 Å². The van der Waals surface area contributed by atoms with E-state index in [1.54, 1.807) is 7.05 Å². The number of halogens is 1. The van der Waals surface area contributed by atoms with Gasteiger partial charge in [0.05, 0.1) is 6.20 Å². The molecule has 0 saturated heterocycles. The fourth-order valence-corrected chi connectivity index (χ4v) is 2.25. The largest absolute Gasteiger partial charge is 0.356 e. The molecular formula is C17H26IN5. The molecule has 0 amide bonds. The van der Waals surface area contributed by atoms with Crippen molar-refractivity contribution < 1.29 is 0 Å². The summed E-state index contributed by atoms with van der Waals surface area (Å²) in [5.41, 5.74) is 3.78. The summed E-state index contributed by atoms with van der Waals surface area (Å²) in [6, 6.07) is 8.38. The molecule has 0 atom stereocenters. The highest BCUT2D eigenvalue weighted by Gasteiger charge is 2.00. The molecule has 0 radical (unpaired) electrons. The summed E-state index contributed by atoms with van der Waals surface area (Å²) >= 11 is 0. The van der Waals surface area contributed by atoms with Crippen molar-refractivity contribution in [3.05, 3.63) is 53.3 Å². The molecule has 2 rings (SSSR count). The maximum absolute atomic E-state index is 4.28. The second-order valence-electron chi connectivity index (χ2n) is 5.41. The number of aromatic nitrogens is 2. The van der Waals surface area contributed by atoms with Crippen LogP contribution in [-0.4, -0.2) is 29.3 Å². The van der Waals surface area contributed by atoms with Crippen molar-refractivity contribution >= 4 is 29.9 Å². The Morgan fingerprint density at radius 3 is 2.65 bits per heavy atom. The first-order chi connectivity index (χ1) is 10.7. The number of aryl methyl sites for hydroxylation is 3. The summed E-state index contributed by atoms with van der Waals surface area (Å²) in [4.78, 5) is 4.25. The maximum atomic E-state index is 4.28. The van der Waals surface area contributed by atoms with Gasteiger partial charge in [0.2, 0.25) is 0 Å². The Morgan fingerprint density at radius 1 is 1.22 bits per heavy atom. The molecule has 0 saturated carbocycles. The highest BCUT2D eigenvalue weighted by molar-refractivity contribution is 14.0. The van der Waals surface area contributed by atoms with Crippen LogP contribution < -0.4 is 10.6 Å². The molecule has 126 valence electrons. The first-order valence-corrected chi connectivity index (χ1v) is 7.67. The minimum Gasteiger partial charge on any atom is -0.356 e. The number of nitrogens with one attached hydrogen (secondary N) is 2. The lowest BCUT2D eigenvalue weighted by molar-refractivity contribution is 0.570. The van der Waals surface area contributed by atoms with Crippen LogP contribution >= 0.6 is 24.0 Å². The molecule has 23 heavy (non-hydrogen) atoms. The smallest absolute Gasteiger partial charge is 0.191 e. The molecule has 1 aromatic heterocycles. The summed E-state index contributed by atoms with van der Waals surface area (Å²) in [5.74, 6) is 0.833. The number of hydrogen-bond donors (Lipinski definition) is 2. The topological polar surface area (TPSA) is 54.2 Å². The second kappa shape index (κ2) is 10.3. The fraction of sp³-hybridized carbons (Fsp3) is 0.412. The molecule has 2 N–H and O–H groups in total. The molecule has 0 aliphatic heterocycles. The lowest BCUT2D eigenvalue weighted by atomic mass is 10.1. The Balaban J connectivity index is 0.00000264. The normalized spacial score (nSPS) is 11.0. The molecular weight excluding hydrogens is 401 g/mol. The van der Waals surface area contributed by atoms with E-state index in [4.69, 9.17) is 0 Å². The predicted molar refractivity (Wildman–Crippen MR) is 106 cm³/mol. The van der Waals surface area contributed by atoms with Crippen LogP contribution in [0.1, 0.15) is 23.1 Å². The molecule has 1 aromatic carbocycles. The van der Waals surface area contributed by atoms with Gasteiger partial charge in [0, 0.05) is 32.9 Å². The van der Waals surface area contributed by atoms with Gasteiger partial charge in [-0.15, -0.1) is 24.0 Å². The first-order valence-electron chi connectivity index (χ1n) is 7.67. The van der Waals surface area contributed by atoms with E-state index in [1.165, 1.54) is 16.7 Å². The van der Waals surface area contributed by atoms with Crippen molar-refractivity contribution in [2.24, 2.45) is 4.99 Å². The Kier molecular flexibility index (Phi) is 8.68. The van der Waals surface area contributed by atoms with Gasteiger partial charge in [0.25, 0.3) is 0 Å². The molecule has 0 unspecified atom stereocenters. The maximum Gasteiger partial charge on any atom is 0.191 e. The van der Waals surface area contributed by atoms with Gasteiger partial charge in [-0.1, -0.05) is 24.3 Å². The summed E-state index contributed by atoms with van der Waals surface area (Å²) in [7, 11) is 1.80. The first kappa shape index (κ1) is 19.5. The third kappa shape index (κ3) is 6.60. The van der Waals surface area contributed by atoms with Crippen molar-refractivity contribution in [2.75, 3.05) is 13.6 Å². The van der Waals surface area contributed by atoms with Crippen molar-refractivity contribution in [3.8, 4) is 0 Å². The Hall–Kier alpha value is -1.57. The van der Waals surface area contributed by atoms with Gasteiger partial charge in [-0.05, 0) is 37.0 Å². The predicted octanol–water partition coefficient (Wildman–Crippen LogP) is 2.87. The van der Waals surface area contributed by atoms with Crippen molar-refractivity contribution in [1.29, 1.82) is 0 Å². The zero-order valence-electron chi connectivity index (χ0n) is 14.0. The lowest BCUT2D eigenvalue weighted by Crippen LogP contribution is -2.37. The third-order valence-corrected chi connectivity index (χ3v) is 3.55. The molecule has 0 spiro atoms. The number of rotatable bonds is 6. The van der Waals surface area contributed by atoms with Crippen LogP contribution in [0.2, 0.25) is 0 Å². The van der Waals surface area contributed by atoms with Gasteiger partial charge < -0.3 is 10.6 Å². The zero-order valence-corrected chi connectivity index (χ0v) is 16.4. The number of guanidine groups is 1. The lowest BCUT2D eigenvalue weighted by Gasteiger charge is -2.13. The van der Waals surface area contributed by atoms with E-state index in [1.807, 2.05) is 10.9 Å². The Labute approximate surface area is 155 Å². The van der Waals surface area contributed by atoms with Crippen LogP contribution in [0.25, 0.3) is 0 Å². The molecule has 0 aliphatic carbocycles. The van der Waals surface area contributed by atoms with Gasteiger partial charge in [-0.3, -0.25) is 9.67 Å². The molecule has 0 aliphatic rings.